The Morgan fingerprint density at radius 1 is 1.33 bits per heavy atom. The molecule has 0 saturated heterocycles. The number of fused-ring (bicyclic) bond motifs is 1. The molecular formula is C14H16N2O2. The SMILES string of the molecule is CCC(=O)NCCOc1cccc2cccnc12. The molecule has 1 N–H and O–H groups in total. The van der Waals surface area contributed by atoms with Crippen molar-refractivity contribution in [3.8, 4) is 5.75 Å². The van der Waals surface area contributed by atoms with Crippen molar-refractivity contribution in [3.63, 3.8) is 0 Å². The molecule has 1 aromatic carbocycles. The summed E-state index contributed by atoms with van der Waals surface area (Å²) in [5.74, 6) is 0.786. The lowest BCUT2D eigenvalue weighted by molar-refractivity contribution is -0.120. The second-order valence-corrected chi connectivity index (χ2v) is 3.88. The van der Waals surface area contributed by atoms with E-state index in [1.165, 1.54) is 0 Å². The van der Waals surface area contributed by atoms with E-state index in [0.29, 0.717) is 19.6 Å². The first-order valence-corrected chi connectivity index (χ1v) is 6.04. The summed E-state index contributed by atoms with van der Waals surface area (Å²) in [5, 5.41) is 3.81. The third-order valence-electron chi connectivity index (χ3n) is 2.60. The molecule has 0 saturated carbocycles. The Kier molecular flexibility index (Phi) is 4.12. The molecule has 0 bridgehead atoms. The lowest BCUT2D eigenvalue weighted by atomic mass is 10.2. The number of carbonyl (C=O) groups is 1. The first-order chi connectivity index (χ1) is 8.81. The molecule has 1 amide bonds. The molecule has 18 heavy (non-hydrogen) atoms. The Labute approximate surface area is 106 Å². The van der Waals surface area contributed by atoms with Gasteiger partial charge in [0.1, 0.15) is 17.9 Å². The smallest absolute Gasteiger partial charge is 0.219 e. The summed E-state index contributed by atoms with van der Waals surface area (Å²) in [6, 6.07) is 9.70. The molecule has 0 atom stereocenters. The van der Waals surface area contributed by atoms with Crippen molar-refractivity contribution in [2.24, 2.45) is 0 Å². The molecule has 2 aromatic rings. The maximum atomic E-state index is 11.1. The fraction of sp³-hybridized carbons (Fsp3) is 0.286. The standard InChI is InChI=1S/C14H16N2O2/c1-2-13(17)15-9-10-18-12-7-3-5-11-6-4-8-16-14(11)12/h3-8H,2,9-10H2,1H3,(H,15,17). The summed E-state index contributed by atoms with van der Waals surface area (Å²) in [5.41, 5.74) is 0.849. The van der Waals surface area contributed by atoms with Crippen LogP contribution in [-0.4, -0.2) is 24.0 Å². The number of amides is 1. The molecule has 0 fully saturated rings. The molecule has 94 valence electrons. The zero-order valence-electron chi connectivity index (χ0n) is 10.3. The van der Waals surface area contributed by atoms with E-state index in [1.807, 2.05) is 37.3 Å². The van der Waals surface area contributed by atoms with E-state index in [4.69, 9.17) is 4.74 Å². The number of nitrogens with zero attached hydrogens (tertiary/aromatic N) is 1. The molecule has 0 aliphatic rings. The lowest BCUT2D eigenvalue weighted by Crippen LogP contribution is -2.27. The van der Waals surface area contributed by atoms with Crippen LogP contribution in [0.2, 0.25) is 0 Å². The van der Waals surface area contributed by atoms with Crippen LogP contribution in [0.15, 0.2) is 36.5 Å². The summed E-state index contributed by atoms with van der Waals surface area (Å²) in [7, 11) is 0. The normalized spacial score (nSPS) is 10.3. The first-order valence-electron chi connectivity index (χ1n) is 6.04. The van der Waals surface area contributed by atoms with Gasteiger partial charge in [-0.05, 0) is 12.1 Å². The van der Waals surface area contributed by atoms with E-state index in [9.17, 15) is 4.79 Å². The summed E-state index contributed by atoms with van der Waals surface area (Å²) in [6.45, 7) is 2.78. The molecule has 1 aromatic heterocycles. The van der Waals surface area contributed by atoms with Gasteiger partial charge in [0.15, 0.2) is 0 Å². The van der Waals surface area contributed by atoms with Gasteiger partial charge in [0.2, 0.25) is 5.91 Å². The number of rotatable bonds is 5. The minimum absolute atomic E-state index is 0.0367. The lowest BCUT2D eigenvalue weighted by Gasteiger charge is -2.09. The summed E-state index contributed by atoms with van der Waals surface area (Å²) >= 11 is 0. The molecule has 0 aliphatic carbocycles. The van der Waals surface area contributed by atoms with Gasteiger partial charge >= 0.3 is 0 Å². The predicted octanol–water partition coefficient (Wildman–Crippen LogP) is 2.14. The Hall–Kier alpha value is -2.10. The number of hydrogen-bond acceptors (Lipinski definition) is 3. The number of ether oxygens (including phenoxy) is 1. The number of hydrogen-bond donors (Lipinski definition) is 1. The van der Waals surface area contributed by atoms with Gasteiger partial charge in [0.25, 0.3) is 0 Å². The third-order valence-corrected chi connectivity index (χ3v) is 2.60. The molecule has 1 heterocycles. The van der Waals surface area contributed by atoms with Crippen molar-refractivity contribution < 1.29 is 9.53 Å². The van der Waals surface area contributed by atoms with Crippen molar-refractivity contribution in [1.82, 2.24) is 10.3 Å². The average Bonchev–Trinajstić information content (AvgIpc) is 2.43. The molecule has 4 nitrogen and oxygen atoms in total. The fourth-order valence-corrected chi connectivity index (χ4v) is 1.67. The predicted molar refractivity (Wildman–Crippen MR) is 70.5 cm³/mol. The summed E-state index contributed by atoms with van der Waals surface area (Å²) in [4.78, 5) is 15.4. The van der Waals surface area contributed by atoms with E-state index in [2.05, 4.69) is 10.3 Å². The summed E-state index contributed by atoms with van der Waals surface area (Å²) < 4.78 is 5.64. The Balaban J connectivity index is 1.97. The monoisotopic (exact) mass is 244 g/mol. The minimum Gasteiger partial charge on any atom is -0.489 e. The number of nitrogens with one attached hydrogen (secondary N) is 1. The second kappa shape index (κ2) is 6.00. The van der Waals surface area contributed by atoms with Gasteiger partial charge in [-0.2, -0.15) is 0 Å². The van der Waals surface area contributed by atoms with Crippen LogP contribution < -0.4 is 10.1 Å². The molecule has 0 spiro atoms. The Morgan fingerprint density at radius 3 is 3.00 bits per heavy atom. The van der Waals surface area contributed by atoms with Crippen molar-refractivity contribution in [3.05, 3.63) is 36.5 Å². The highest BCUT2D eigenvalue weighted by atomic mass is 16.5. The molecular weight excluding hydrogens is 228 g/mol. The molecule has 4 heteroatoms. The summed E-state index contributed by atoms with van der Waals surface area (Å²) in [6.07, 6.45) is 2.24. The largest absolute Gasteiger partial charge is 0.489 e. The van der Waals surface area contributed by atoms with Crippen LogP contribution in [0.4, 0.5) is 0 Å². The highest BCUT2D eigenvalue weighted by molar-refractivity contribution is 5.84. The second-order valence-electron chi connectivity index (χ2n) is 3.88. The van der Waals surface area contributed by atoms with Crippen molar-refractivity contribution in [2.75, 3.05) is 13.2 Å². The number of benzene rings is 1. The number of pyridine rings is 1. The van der Waals surface area contributed by atoms with Crippen LogP contribution in [0.3, 0.4) is 0 Å². The fourth-order valence-electron chi connectivity index (χ4n) is 1.67. The number of para-hydroxylation sites is 1. The van der Waals surface area contributed by atoms with Crippen LogP contribution in [0.5, 0.6) is 5.75 Å². The van der Waals surface area contributed by atoms with E-state index in [1.54, 1.807) is 6.20 Å². The van der Waals surface area contributed by atoms with Gasteiger partial charge in [0.05, 0.1) is 6.54 Å². The topological polar surface area (TPSA) is 51.2 Å². The van der Waals surface area contributed by atoms with Crippen LogP contribution >= 0.6 is 0 Å². The Morgan fingerprint density at radius 2 is 2.17 bits per heavy atom. The van der Waals surface area contributed by atoms with Gasteiger partial charge in [-0.25, -0.2) is 0 Å². The van der Waals surface area contributed by atoms with Crippen LogP contribution in [0.1, 0.15) is 13.3 Å². The van der Waals surface area contributed by atoms with E-state index in [-0.39, 0.29) is 5.91 Å². The van der Waals surface area contributed by atoms with Crippen molar-refractivity contribution in [2.45, 2.75) is 13.3 Å². The molecule has 0 radical (unpaired) electrons. The maximum absolute atomic E-state index is 11.1. The maximum Gasteiger partial charge on any atom is 0.219 e. The molecule has 0 aliphatic heterocycles. The minimum atomic E-state index is 0.0367. The molecule has 2 rings (SSSR count). The zero-order valence-corrected chi connectivity index (χ0v) is 10.3. The zero-order chi connectivity index (χ0) is 12.8. The average molecular weight is 244 g/mol. The van der Waals surface area contributed by atoms with Crippen molar-refractivity contribution >= 4 is 16.8 Å². The van der Waals surface area contributed by atoms with E-state index in [0.717, 1.165) is 16.7 Å². The van der Waals surface area contributed by atoms with Gasteiger partial charge in [-0.15, -0.1) is 0 Å². The van der Waals surface area contributed by atoms with E-state index >= 15 is 0 Å². The van der Waals surface area contributed by atoms with E-state index < -0.39 is 0 Å². The number of carbonyl (C=O) groups excluding carboxylic acids is 1. The van der Waals surface area contributed by atoms with Crippen LogP contribution in [0, 0.1) is 0 Å². The van der Waals surface area contributed by atoms with Crippen LogP contribution in [0.25, 0.3) is 10.9 Å². The van der Waals surface area contributed by atoms with Gasteiger partial charge in [-0.1, -0.05) is 25.1 Å². The van der Waals surface area contributed by atoms with Gasteiger partial charge in [0, 0.05) is 18.0 Å². The Bertz CT molecular complexity index is 535. The van der Waals surface area contributed by atoms with Gasteiger partial charge in [-0.3, -0.25) is 9.78 Å². The van der Waals surface area contributed by atoms with Gasteiger partial charge < -0.3 is 10.1 Å². The highest BCUT2D eigenvalue weighted by Gasteiger charge is 2.02. The highest BCUT2D eigenvalue weighted by Crippen LogP contribution is 2.22. The van der Waals surface area contributed by atoms with Crippen molar-refractivity contribution in [1.29, 1.82) is 0 Å². The number of aromatic nitrogens is 1. The first kappa shape index (κ1) is 12.4. The quantitative estimate of drug-likeness (QED) is 0.820. The molecule has 0 unspecified atom stereocenters. The third kappa shape index (κ3) is 2.97. The van der Waals surface area contributed by atoms with Crippen LogP contribution in [-0.2, 0) is 4.79 Å².